The van der Waals surface area contributed by atoms with E-state index in [4.69, 9.17) is 0 Å². The highest BCUT2D eigenvalue weighted by Crippen LogP contribution is 2.30. The van der Waals surface area contributed by atoms with Crippen LogP contribution < -0.4 is 4.90 Å². The molecular weight excluding hydrogens is 336 g/mol. The molecule has 0 saturated heterocycles. The number of aliphatic hydroxyl groups is 2. The first-order valence-electron chi connectivity index (χ1n) is 8.07. The minimum atomic E-state index is -0.538. The van der Waals surface area contributed by atoms with Gasteiger partial charge in [-0.05, 0) is 55.8 Å². The first-order valence-corrected chi connectivity index (χ1v) is 8.89. The number of azo groups is 1. The highest BCUT2D eigenvalue weighted by Gasteiger charge is 2.09. The average molecular weight is 356 g/mol. The smallest absolute Gasteiger partial charge is 0.231 e. The van der Waals surface area contributed by atoms with Crippen LogP contribution in [0.25, 0.3) is 10.2 Å². The maximum absolute atomic E-state index is 9.75. The summed E-state index contributed by atoms with van der Waals surface area (Å²) in [6.07, 6.45) is -0.538. The largest absolute Gasteiger partial charge is 0.392 e. The fraction of sp³-hybridized carbons (Fsp3) is 0.278. The van der Waals surface area contributed by atoms with Crippen LogP contribution in [0.15, 0.2) is 52.7 Å². The fourth-order valence-electron chi connectivity index (χ4n) is 2.57. The number of hydrogen-bond acceptors (Lipinski definition) is 7. The SMILES string of the molecule is CCN(c1ccc(N=Nc2nc3ccc(CO)cc3s2)cc1)C(C)O. The summed E-state index contributed by atoms with van der Waals surface area (Å²) in [5, 5.41) is 28.0. The normalized spacial score (nSPS) is 12.8. The number of fused-ring (bicyclic) bond motifs is 1. The van der Waals surface area contributed by atoms with E-state index in [-0.39, 0.29) is 6.61 Å². The molecule has 0 aliphatic rings. The Labute approximate surface area is 150 Å². The summed E-state index contributed by atoms with van der Waals surface area (Å²) in [7, 11) is 0. The van der Waals surface area contributed by atoms with Crippen molar-refractivity contribution in [2.45, 2.75) is 26.7 Å². The summed E-state index contributed by atoms with van der Waals surface area (Å²) in [5.74, 6) is 0. The number of aromatic nitrogens is 1. The second-order valence-electron chi connectivity index (χ2n) is 5.59. The quantitative estimate of drug-likeness (QED) is 0.508. The van der Waals surface area contributed by atoms with Crippen molar-refractivity contribution in [3.05, 3.63) is 48.0 Å². The van der Waals surface area contributed by atoms with E-state index in [1.54, 1.807) is 6.92 Å². The van der Waals surface area contributed by atoms with Crippen LogP contribution in [-0.2, 0) is 6.61 Å². The van der Waals surface area contributed by atoms with Gasteiger partial charge in [-0.2, -0.15) is 0 Å². The van der Waals surface area contributed by atoms with Gasteiger partial charge in [0.25, 0.3) is 0 Å². The molecule has 25 heavy (non-hydrogen) atoms. The molecule has 2 aromatic carbocycles. The molecule has 7 heteroatoms. The van der Waals surface area contributed by atoms with Gasteiger partial charge in [-0.3, -0.25) is 0 Å². The minimum Gasteiger partial charge on any atom is -0.392 e. The zero-order valence-corrected chi connectivity index (χ0v) is 14.9. The standard InChI is InChI=1S/C18H20N4O2S/c1-3-22(12(2)24)15-7-5-14(6-8-15)20-21-18-19-16-9-4-13(11-23)10-17(16)25-18/h4-10,12,23-24H,3,11H2,1-2H3. The van der Waals surface area contributed by atoms with Crippen LogP contribution in [0.1, 0.15) is 19.4 Å². The molecule has 0 aliphatic heterocycles. The van der Waals surface area contributed by atoms with Gasteiger partial charge in [0.15, 0.2) is 0 Å². The van der Waals surface area contributed by atoms with Crippen molar-refractivity contribution < 1.29 is 10.2 Å². The molecule has 0 bridgehead atoms. The van der Waals surface area contributed by atoms with Gasteiger partial charge < -0.3 is 15.1 Å². The third kappa shape index (κ3) is 4.01. The fourth-order valence-corrected chi connectivity index (χ4v) is 3.42. The first-order chi connectivity index (χ1) is 12.1. The summed E-state index contributed by atoms with van der Waals surface area (Å²) in [5.41, 5.74) is 3.37. The van der Waals surface area contributed by atoms with E-state index < -0.39 is 6.23 Å². The molecule has 0 aliphatic carbocycles. The predicted molar refractivity (Wildman–Crippen MR) is 101 cm³/mol. The van der Waals surface area contributed by atoms with Crippen LogP contribution in [0.2, 0.25) is 0 Å². The number of benzene rings is 2. The second kappa shape index (κ2) is 7.69. The Morgan fingerprint density at radius 1 is 1.16 bits per heavy atom. The highest BCUT2D eigenvalue weighted by atomic mass is 32.1. The lowest BCUT2D eigenvalue weighted by Gasteiger charge is -2.26. The van der Waals surface area contributed by atoms with Gasteiger partial charge in [0, 0.05) is 12.2 Å². The third-order valence-corrected chi connectivity index (χ3v) is 4.75. The van der Waals surface area contributed by atoms with Gasteiger partial charge in [0.1, 0.15) is 6.23 Å². The van der Waals surface area contributed by atoms with Crippen LogP contribution in [0, 0.1) is 0 Å². The molecule has 1 heterocycles. The van der Waals surface area contributed by atoms with E-state index >= 15 is 0 Å². The van der Waals surface area contributed by atoms with E-state index in [1.807, 2.05) is 54.3 Å². The van der Waals surface area contributed by atoms with Crippen LogP contribution in [-0.4, -0.2) is 28.0 Å². The summed E-state index contributed by atoms with van der Waals surface area (Å²) in [6.45, 7) is 4.47. The second-order valence-corrected chi connectivity index (χ2v) is 6.60. The Balaban J connectivity index is 1.77. The van der Waals surface area contributed by atoms with E-state index in [0.717, 1.165) is 33.7 Å². The number of aliphatic hydroxyl groups excluding tert-OH is 2. The number of thiazole rings is 1. The lowest BCUT2D eigenvalue weighted by atomic mass is 10.2. The molecule has 6 nitrogen and oxygen atoms in total. The molecule has 0 saturated carbocycles. The van der Waals surface area contributed by atoms with Crippen molar-refractivity contribution >= 4 is 38.1 Å². The Bertz CT molecular complexity index is 874. The predicted octanol–water partition coefficient (Wildman–Crippen LogP) is 4.37. The van der Waals surface area contributed by atoms with Gasteiger partial charge in [-0.1, -0.05) is 17.4 Å². The molecule has 1 unspecified atom stereocenters. The summed E-state index contributed by atoms with van der Waals surface area (Å²) in [6, 6.07) is 13.2. The lowest BCUT2D eigenvalue weighted by molar-refractivity contribution is 0.190. The van der Waals surface area contributed by atoms with Gasteiger partial charge in [-0.25, -0.2) is 4.98 Å². The molecule has 1 atom stereocenters. The molecule has 2 N–H and O–H groups in total. The van der Waals surface area contributed by atoms with Crippen molar-refractivity contribution in [3.8, 4) is 0 Å². The van der Waals surface area contributed by atoms with Crippen molar-refractivity contribution in [2.75, 3.05) is 11.4 Å². The van der Waals surface area contributed by atoms with Crippen LogP contribution in [0.5, 0.6) is 0 Å². The number of anilines is 1. The molecule has 130 valence electrons. The minimum absolute atomic E-state index is 0.0122. The topological polar surface area (TPSA) is 81.3 Å². The Kier molecular flexibility index (Phi) is 5.37. The zero-order chi connectivity index (χ0) is 17.8. The van der Waals surface area contributed by atoms with Gasteiger partial charge in [0.2, 0.25) is 5.13 Å². The Morgan fingerprint density at radius 2 is 1.92 bits per heavy atom. The van der Waals surface area contributed by atoms with Crippen molar-refractivity contribution in [1.82, 2.24) is 4.98 Å². The van der Waals surface area contributed by atoms with Crippen LogP contribution in [0.4, 0.5) is 16.5 Å². The van der Waals surface area contributed by atoms with E-state index in [1.165, 1.54) is 11.3 Å². The number of hydrogen-bond donors (Lipinski definition) is 2. The third-order valence-electron chi connectivity index (χ3n) is 3.85. The Morgan fingerprint density at radius 3 is 2.56 bits per heavy atom. The molecule has 3 rings (SSSR count). The van der Waals surface area contributed by atoms with Crippen molar-refractivity contribution in [2.24, 2.45) is 10.2 Å². The van der Waals surface area contributed by atoms with Crippen LogP contribution in [0.3, 0.4) is 0 Å². The molecule has 3 aromatic rings. The summed E-state index contributed by atoms with van der Waals surface area (Å²) in [4.78, 5) is 6.30. The van der Waals surface area contributed by atoms with E-state index in [2.05, 4.69) is 15.2 Å². The first kappa shape index (κ1) is 17.5. The number of nitrogens with zero attached hydrogens (tertiary/aromatic N) is 4. The Hall–Kier alpha value is -2.35. The highest BCUT2D eigenvalue weighted by molar-refractivity contribution is 7.21. The van der Waals surface area contributed by atoms with Gasteiger partial charge in [-0.15, -0.1) is 10.2 Å². The zero-order valence-electron chi connectivity index (χ0n) is 14.1. The maximum atomic E-state index is 9.75. The number of rotatable bonds is 6. The summed E-state index contributed by atoms with van der Waals surface area (Å²) < 4.78 is 0.978. The van der Waals surface area contributed by atoms with E-state index in [0.29, 0.717) is 5.13 Å². The van der Waals surface area contributed by atoms with Gasteiger partial charge >= 0.3 is 0 Å². The molecular formula is C18H20N4O2S. The average Bonchev–Trinajstić information content (AvgIpc) is 3.03. The monoisotopic (exact) mass is 356 g/mol. The van der Waals surface area contributed by atoms with Crippen LogP contribution >= 0.6 is 11.3 Å². The summed E-state index contributed by atoms with van der Waals surface area (Å²) >= 11 is 1.44. The molecule has 1 aromatic heterocycles. The molecule has 0 fully saturated rings. The maximum Gasteiger partial charge on any atom is 0.231 e. The van der Waals surface area contributed by atoms with Gasteiger partial charge in [0.05, 0.1) is 22.5 Å². The van der Waals surface area contributed by atoms with Crippen molar-refractivity contribution in [3.63, 3.8) is 0 Å². The van der Waals surface area contributed by atoms with Crippen molar-refractivity contribution in [1.29, 1.82) is 0 Å². The molecule has 0 amide bonds. The molecule has 0 radical (unpaired) electrons. The lowest BCUT2D eigenvalue weighted by Crippen LogP contribution is -2.32. The van der Waals surface area contributed by atoms with E-state index in [9.17, 15) is 10.2 Å². The molecule has 0 spiro atoms.